The molecule has 0 amide bonds. The highest BCUT2D eigenvalue weighted by molar-refractivity contribution is 6.02. The molecule has 4 rings (SSSR count). The third-order valence-corrected chi connectivity index (χ3v) is 8.08. The van der Waals surface area contributed by atoms with Gasteiger partial charge in [-0.2, -0.15) is 0 Å². The third-order valence-electron chi connectivity index (χ3n) is 8.08. The van der Waals surface area contributed by atoms with Gasteiger partial charge in [0.1, 0.15) is 18.6 Å². The van der Waals surface area contributed by atoms with Gasteiger partial charge in [-0.15, -0.1) is 0 Å². The minimum absolute atomic E-state index is 0.0582. The molecule has 0 saturated heterocycles. The lowest BCUT2D eigenvalue weighted by molar-refractivity contribution is -0.147. The lowest BCUT2D eigenvalue weighted by atomic mass is 9.47. The smallest absolute Gasteiger partial charge is 0.178 e. The molecule has 0 bridgehead atoms. The molecule has 0 aromatic rings. The number of hydrogen-bond donors (Lipinski definition) is 1. The molecule has 3 saturated carbocycles. The number of aliphatic hydroxyl groups excluding tert-OH is 1. The van der Waals surface area contributed by atoms with Crippen molar-refractivity contribution < 1.29 is 23.9 Å². The van der Waals surface area contributed by atoms with Crippen molar-refractivity contribution >= 4 is 17.3 Å². The predicted molar refractivity (Wildman–Crippen MR) is 97.4 cm³/mol. The summed E-state index contributed by atoms with van der Waals surface area (Å²) in [5.74, 6) is -1.10. The first kappa shape index (κ1) is 18.7. The summed E-state index contributed by atoms with van der Waals surface area (Å²) in [6.07, 6.45) is 4.58. The van der Waals surface area contributed by atoms with Gasteiger partial charge in [-0.3, -0.25) is 14.4 Å². The number of ketones is 3. The van der Waals surface area contributed by atoms with Gasteiger partial charge in [-0.25, -0.2) is 4.39 Å². The Morgan fingerprint density at radius 3 is 2.67 bits per heavy atom. The van der Waals surface area contributed by atoms with Gasteiger partial charge in [0, 0.05) is 23.7 Å². The van der Waals surface area contributed by atoms with Crippen LogP contribution in [0.1, 0.15) is 40.0 Å². The van der Waals surface area contributed by atoms with Crippen LogP contribution in [-0.4, -0.2) is 35.2 Å². The van der Waals surface area contributed by atoms with Gasteiger partial charge in [0.25, 0.3) is 0 Å². The first-order chi connectivity index (χ1) is 12.6. The molecule has 4 nitrogen and oxygen atoms in total. The van der Waals surface area contributed by atoms with Gasteiger partial charge in [0.2, 0.25) is 0 Å². The topological polar surface area (TPSA) is 71.4 Å². The SMILES string of the molecule is C[C@@H]1C[C@H]2[C@@H]3C[C@H](F)C4=CC(=O)C=C[C@]4(C)[C@H]3C(=O)C[C@]2(C)[C@H]1C(=O)CO. The molecule has 5 heteroatoms. The number of carbonyl (C=O) groups is 3. The Balaban J connectivity index is 1.79. The summed E-state index contributed by atoms with van der Waals surface area (Å²) in [7, 11) is 0. The molecule has 3 fully saturated rings. The fourth-order valence-corrected chi connectivity index (χ4v) is 7.20. The van der Waals surface area contributed by atoms with Crippen LogP contribution >= 0.6 is 0 Å². The van der Waals surface area contributed by atoms with Crippen molar-refractivity contribution in [3.05, 3.63) is 23.8 Å². The van der Waals surface area contributed by atoms with E-state index in [-0.39, 0.29) is 59.8 Å². The van der Waals surface area contributed by atoms with Crippen LogP contribution < -0.4 is 0 Å². The molecular weight excluding hydrogens is 347 g/mol. The maximum absolute atomic E-state index is 15.2. The van der Waals surface area contributed by atoms with E-state index in [0.717, 1.165) is 6.42 Å². The van der Waals surface area contributed by atoms with Crippen molar-refractivity contribution in [3.8, 4) is 0 Å². The number of carbonyl (C=O) groups excluding carboxylic acids is 3. The standard InChI is InChI=1S/C22H27FO4/c1-11-6-14-13-8-16(23)15-7-12(25)4-5-21(15,2)20(13)17(26)9-22(14,3)19(11)18(27)10-24/h4-5,7,11,13-14,16,19-20,24H,6,8-10H2,1-3H3/t11-,13+,14+,16+,19-,20-,21+,22+/m1/s1. The largest absolute Gasteiger partial charge is 0.389 e. The third kappa shape index (κ3) is 2.40. The van der Waals surface area contributed by atoms with E-state index in [1.165, 1.54) is 12.2 Å². The van der Waals surface area contributed by atoms with Crippen LogP contribution in [0.3, 0.4) is 0 Å². The van der Waals surface area contributed by atoms with Gasteiger partial charge in [0.05, 0.1) is 0 Å². The van der Waals surface area contributed by atoms with Crippen LogP contribution in [0.25, 0.3) is 0 Å². The number of aliphatic hydroxyl groups is 1. The molecule has 0 aromatic heterocycles. The average molecular weight is 374 g/mol. The molecule has 4 aliphatic carbocycles. The van der Waals surface area contributed by atoms with Crippen molar-refractivity contribution in [2.75, 3.05) is 6.61 Å². The van der Waals surface area contributed by atoms with Gasteiger partial charge >= 0.3 is 0 Å². The number of fused-ring (bicyclic) bond motifs is 5. The number of alkyl halides is 1. The van der Waals surface area contributed by atoms with E-state index in [0.29, 0.717) is 5.57 Å². The minimum atomic E-state index is -1.25. The molecule has 8 atom stereocenters. The summed E-state index contributed by atoms with van der Waals surface area (Å²) < 4.78 is 15.2. The Morgan fingerprint density at radius 1 is 1.30 bits per heavy atom. The Morgan fingerprint density at radius 2 is 2.00 bits per heavy atom. The molecule has 1 N–H and O–H groups in total. The van der Waals surface area contributed by atoms with Crippen LogP contribution in [0.5, 0.6) is 0 Å². The molecule has 0 aromatic carbocycles. The number of halogens is 1. The van der Waals surface area contributed by atoms with Crippen molar-refractivity contribution in [1.29, 1.82) is 0 Å². The van der Waals surface area contributed by atoms with E-state index in [9.17, 15) is 19.5 Å². The van der Waals surface area contributed by atoms with Gasteiger partial charge in [-0.1, -0.05) is 26.8 Å². The fraction of sp³-hybridized carbons (Fsp3) is 0.682. The summed E-state index contributed by atoms with van der Waals surface area (Å²) >= 11 is 0. The molecular formula is C22H27FO4. The lowest BCUT2D eigenvalue weighted by Gasteiger charge is -2.56. The number of Topliss-reactive ketones (excluding diaryl/α,β-unsaturated/α-hetero) is 2. The molecule has 27 heavy (non-hydrogen) atoms. The zero-order valence-corrected chi connectivity index (χ0v) is 16.1. The summed E-state index contributed by atoms with van der Waals surface area (Å²) in [5, 5.41) is 9.44. The normalized spacial score (nSPS) is 48.6. The highest BCUT2D eigenvalue weighted by Gasteiger charge is 2.65. The number of rotatable bonds is 2. The van der Waals surface area contributed by atoms with E-state index >= 15 is 4.39 Å². The first-order valence-electron chi connectivity index (χ1n) is 9.89. The summed E-state index contributed by atoms with van der Waals surface area (Å²) in [6, 6.07) is 0. The Labute approximate surface area is 158 Å². The maximum atomic E-state index is 15.2. The zero-order valence-electron chi connectivity index (χ0n) is 16.1. The van der Waals surface area contributed by atoms with Crippen LogP contribution in [-0.2, 0) is 14.4 Å². The van der Waals surface area contributed by atoms with E-state index in [4.69, 9.17) is 0 Å². The molecule has 4 aliphatic rings. The van der Waals surface area contributed by atoms with Crippen molar-refractivity contribution in [2.45, 2.75) is 46.2 Å². The van der Waals surface area contributed by atoms with Gasteiger partial charge in [-0.05, 0) is 53.7 Å². The molecule has 0 heterocycles. The minimum Gasteiger partial charge on any atom is -0.389 e. The lowest BCUT2D eigenvalue weighted by Crippen LogP contribution is -2.57. The van der Waals surface area contributed by atoms with E-state index in [1.54, 1.807) is 6.08 Å². The van der Waals surface area contributed by atoms with E-state index < -0.39 is 23.6 Å². The van der Waals surface area contributed by atoms with Crippen LogP contribution in [0.4, 0.5) is 4.39 Å². The fourth-order valence-electron chi connectivity index (χ4n) is 7.20. The summed E-state index contributed by atoms with van der Waals surface area (Å²) in [4.78, 5) is 37.6. The van der Waals surface area contributed by atoms with E-state index in [1.807, 2.05) is 20.8 Å². The van der Waals surface area contributed by atoms with Crippen LogP contribution in [0, 0.1) is 40.4 Å². The Hall–Kier alpha value is -1.62. The predicted octanol–water partition coefficient (Wildman–Crippen LogP) is 2.84. The van der Waals surface area contributed by atoms with Gasteiger partial charge in [0.15, 0.2) is 11.6 Å². The first-order valence-corrected chi connectivity index (χ1v) is 9.89. The van der Waals surface area contributed by atoms with Crippen molar-refractivity contribution in [2.24, 2.45) is 40.4 Å². The zero-order chi connectivity index (χ0) is 19.7. The van der Waals surface area contributed by atoms with Crippen LogP contribution in [0.2, 0.25) is 0 Å². The molecule has 146 valence electrons. The molecule has 0 unspecified atom stereocenters. The molecule has 0 spiro atoms. The average Bonchev–Trinajstić information content (AvgIpc) is 2.85. The summed E-state index contributed by atoms with van der Waals surface area (Å²) in [5.41, 5.74) is -0.859. The van der Waals surface area contributed by atoms with Crippen LogP contribution in [0.15, 0.2) is 23.8 Å². The molecule has 0 aliphatic heterocycles. The Kier molecular flexibility index (Phi) is 4.12. The highest BCUT2D eigenvalue weighted by Crippen LogP contribution is 2.66. The van der Waals surface area contributed by atoms with Crippen molar-refractivity contribution in [3.63, 3.8) is 0 Å². The van der Waals surface area contributed by atoms with E-state index in [2.05, 4.69) is 0 Å². The van der Waals surface area contributed by atoms with Gasteiger partial charge < -0.3 is 5.11 Å². The quantitative estimate of drug-likeness (QED) is 0.807. The number of hydrogen-bond acceptors (Lipinski definition) is 4. The summed E-state index contributed by atoms with van der Waals surface area (Å²) in [6.45, 7) is 5.35. The second kappa shape index (κ2) is 5.94. The maximum Gasteiger partial charge on any atom is 0.178 e. The molecule has 0 radical (unpaired) electrons. The number of allylic oxidation sites excluding steroid dienone is 4. The monoisotopic (exact) mass is 374 g/mol. The van der Waals surface area contributed by atoms with Crippen molar-refractivity contribution in [1.82, 2.24) is 0 Å². The highest BCUT2D eigenvalue weighted by atomic mass is 19.1. The second-order valence-electron chi connectivity index (χ2n) is 9.53. The second-order valence-corrected chi connectivity index (χ2v) is 9.53. The Bertz CT molecular complexity index is 783.